The second kappa shape index (κ2) is 5.69. The Labute approximate surface area is 94.0 Å². The van der Waals surface area contributed by atoms with E-state index in [1.165, 1.54) is 0 Å². The molecule has 1 rings (SSSR count). The van der Waals surface area contributed by atoms with Crippen molar-refractivity contribution in [3.05, 3.63) is 0 Å². The van der Waals surface area contributed by atoms with Crippen molar-refractivity contribution < 1.29 is 19.9 Å². The summed E-state index contributed by atoms with van der Waals surface area (Å²) >= 11 is 0. The Morgan fingerprint density at radius 1 is 1.19 bits per heavy atom. The number of hydrogen-bond donors (Lipinski definition) is 4. The lowest BCUT2D eigenvalue weighted by molar-refractivity contribution is -0.132. The molecule has 0 bridgehead atoms. The predicted molar refractivity (Wildman–Crippen MR) is 56.1 cm³/mol. The summed E-state index contributed by atoms with van der Waals surface area (Å²) in [5.41, 5.74) is 1.28. The average molecular weight is 230 g/mol. The van der Waals surface area contributed by atoms with E-state index in [4.69, 9.17) is 10.3 Å². The van der Waals surface area contributed by atoms with Crippen molar-refractivity contribution in [2.24, 2.45) is 5.41 Å². The maximum Gasteiger partial charge on any atom is 0.404 e. The van der Waals surface area contributed by atoms with Crippen molar-refractivity contribution in [2.45, 2.75) is 38.5 Å². The Hall–Kier alpha value is -1.30. The summed E-state index contributed by atoms with van der Waals surface area (Å²) in [5.74, 6) is -0.450. The van der Waals surface area contributed by atoms with E-state index in [1.54, 1.807) is 5.48 Å². The van der Waals surface area contributed by atoms with E-state index in [0.29, 0.717) is 0 Å². The molecular formula is C10H18N2O4. The average Bonchev–Trinajstić information content (AvgIpc) is 2.28. The van der Waals surface area contributed by atoms with E-state index < -0.39 is 12.0 Å². The van der Waals surface area contributed by atoms with Crippen LogP contribution in [-0.2, 0) is 4.79 Å². The number of carbonyl (C=O) groups excluding carboxylic acids is 1. The van der Waals surface area contributed by atoms with E-state index in [0.717, 1.165) is 32.1 Å². The zero-order valence-electron chi connectivity index (χ0n) is 9.16. The topological polar surface area (TPSA) is 98.7 Å². The van der Waals surface area contributed by atoms with Crippen molar-refractivity contribution in [3.8, 4) is 0 Å². The lowest BCUT2D eigenvalue weighted by atomic mass is 9.71. The third-order valence-electron chi connectivity index (χ3n) is 3.19. The molecule has 92 valence electrons. The molecule has 6 nitrogen and oxygen atoms in total. The van der Waals surface area contributed by atoms with Crippen LogP contribution in [-0.4, -0.2) is 28.9 Å². The van der Waals surface area contributed by atoms with E-state index in [-0.39, 0.29) is 18.4 Å². The van der Waals surface area contributed by atoms with Gasteiger partial charge in [0.05, 0.1) is 0 Å². The highest BCUT2D eigenvalue weighted by Gasteiger charge is 2.34. The molecule has 0 atom stereocenters. The molecule has 0 saturated heterocycles. The van der Waals surface area contributed by atoms with E-state index >= 15 is 0 Å². The third-order valence-corrected chi connectivity index (χ3v) is 3.19. The van der Waals surface area contributed by atoms with Crippen LogP contribution >= 0.6 is 0 Å². The minimum atomic E-state index is -1.07. The van der Waals surface area contributed by atoms with Crippen molar-refractivity contribution >= 4 is 12.0 Å². The lowest BCUT2D eigenvalue weighted by Crippen LogP contribution is -2.41. The first-order valence-corrected chi connectivity index (χ1v) is 5.48. The standard InChI is InChI=1S/C10H18N2O4/c13-8(12-16)6-10(7-11-9(14)15)4-2-1-3-5-10/h11,16H,1-7H2,(H,12,13)(H,14,15). The van der Waals surface area contributed by atoms with Gasteiger partial charge < -0.3 is 10.4 Å². The molecule has 0 heterocycles. The second-order valence-electron chi connectivity index (χ2n) is 4.43. The molecule has 0 aromatic rings. The van der Waals surface area contributed by atoms with Gasteiger partial charge >= 0.3 is 6.09 Å². The molecule has 1 aliphatic rings. The Kier molecular flexibility index (Phi) is 4.54. The first-order valence-electron chi connectivity index (χ1n) is 5.48. The smallest absolute Gasteiger partial charge is 0.404 e. The highest BCUT2D eigenvalue weighted by Crippen LogP contribution is 2.38. The molecule has 0 unspecified atom stereocenters. The molecule has 0 radical (unpaired) electrons. The van der Waals surface area contributed by atoms with Gasteiger partial charge in [0.1, 0.15) is 0 Å². The van der Waals surface area contributed by atoms with Crippen LogP contribution in [0, 0.1) is 5.41 Å². The van der Waals surface area contributed by atoms with Gasteiger partial charge in [0.15, 0.2) is 0 Å². The largest absolute Gasteiger partial charge is 0.465 e. The first kappa shape index (κ1) is 12.8. The van der Waals surface area contributed by atoms with Crippen molar-refractivity contribution in [2.75, 3.05) is 6.54 Å². The van der Waals surface area contributed by atoms with Crippen LogP contribution < -0.4 is 10.8 Å². The minimum Gasteiger partial charge on any atom is -0.465 e. The zero-order valence-corrected chi connectivity index (χ0v) is 9.16. The number of amides is 2. The monoisotopic (exact) mass is 230 g/mol. The normalized spacial score (nSPS) is 18.8. The molecular weight excluding hydrogens is 212 g/mol. The summed E-state index contributed by atoms with van der Waals surface area (Å²) in [6.45, 7) is 0.274. The second-order valence-corrected chi connectivity index (χ2v) is 4.43. The van der Waals surface area contributed by atoms with Gasteiger partial charge in [0.25, 0.3) is 0 Å². The van der Waals surface area contributed by atoms with Crippen LogP contribution in [0.25, 0.3) is 0 Å². The van der Waals surface area contributed by atoms with Crippen LogP contribution in [0.4, 0.5) is 4.79 Å². The van der Waals surface area contributed by atoms with Gasteiger partial charge in [-0.3, -0.25) is 10.0 Å². The SMILES string of the molecule is O=C(O)NCC1(CC(=O)NO)CCCCC1. The Morgan fingerprint density at radius 3 is 2.31 bits per heavy atom. The molecule has 0 aromatic carbocycles. The fraction of sp³-hybridized carbons (Fsp3) is 0.800. The summed E-state index contributed by atoms with van der Waals surface area (Å²) in [6, 6.07) is 0. The summed E-state index contributed by atoms with van der Waals surface area (Å²) in [5, 5.41) is 19.5. The third kappa shape index (κ3) is 3.69. The van der Waals surface area contributed by atoms with Gasteiger partial charge in [-0.2, -0.15) is 0 Å². The van der Waals surface area contributed by atoms with Crippen molar-refractivity contribution in [3.63, 3.8) is 0 Å². The summed E-state index contributed by atoms with van der Waals surface area (Å²) < 4.78 is 0. The number of hydroxylamine groups is 1. The number of carbonyl (C=O) groups is 2. The quantitative estimate of drug-likeness (QED) is 0.429. The predicted octanol–water partition coefficient (Wildman–Crippen LogP) is 1.10. The Balaban J connectivity index is 2.59. The highest BCUT2D eigenvalue weighted by molar-refractivity contribution is 5.75. The first-order chi connectivity index (χ1) is 7.58. The molecule has 16 heavy (non-hydrogen) atoms. The van der Waals surface area contributed by atoms with Crippen LogP contribution in [0.5, 0.6) is 0 Å². The summed E-state index contributed by atoms with van der Waals surface area (Å²) in [4.78, 5) is 21.7. The van der Waals surface area contributed by atoms with E-state index in [9.17, 15) is 9.59 Å². The van der Waals surface area contributed by atoms with Crippen LogP contribution in [0.2, 0.25) is 0 Å². The lowest BCUT2D eigenvalue weighted by Gasteiger charge is -2.36. The molecule has 0 aliphatic heterocycles. The van der Waals surface area contributed by atoms with Gasteiger partial charge in [0, 0.05) is 13.0 Å². The summed E-state index contributed by atoms with van der Waals surface area (Å²) in [6.07, 6.45) is 3.86. The molecule has 4 N–H and O–H groups in total. The van der Waals surface area contributed by atoms with Crippen molar-refractivity contribution in [1.29, 1.82) is 0 Å². The molecule has 1 aliphatic carbocycles. The van der Waals surface area contributed by atoms with Gasteiger partial charge in [-0.1, -0.05) is 19.3 Å². The Bertz CT molecular complexity index is 262. The van der Waals surface area contributed by atoms with Gasteiger partial charge in [-0.15, -0.1) is 0 Å². The molecule has 1 fully saturated rings. The minimum absolute atomic E-state index is 0.170. The number of hydrogen-bond acceptors (Lipinski definition) is 3. The fourth-order valence-electron chi connectivity index (χ4n) is 2.36. The van der Waals surface area contributed by atoms with E-state index in [2.05, 4.69) is 5.32 Å². The summed E-state index contributed by atoms with van der Waals surface area (Å²) in [7, 11) is 0. The Morgan fingerprint density at radius 2 is 1.81 bits per heavy atom. The van der Waals surface area contributed by atoms with Gasteiger partial charge in [0.2, 0.25) is 5.91 Å². The number of carboxylic acid groups (broad SMARTS) is 1. The van der Waals surface area contributed by atoms with Crippen LogP contribution in [0.1, 0.15) is 38.5 Å². The van der Waals surface area contributed by atoms with Crippen molar-refractivity contribution in [1.82, 2.24) is 10.8 Å². The van der Waals surface area contributed by atoms with Gasteiger partial charge in [-0.25, -0.2) is 10.3 Å². The van der Waals surface area contributed by atoms with Crippen LogP contribution in [0.3, 0.4) is 0 Å². The number of nitrogens with one attached hydrogen (secondary N) is 2. The van der Waals surface area contributed by atoms with Gasteiger partial charge in [-0.05, 0) is 18.3 Å². The number of rotatable bonds is 4. The van der Waals surface area contributed by atoms with E-state index in [1.807, 2.05) is 0 Å². The molecule has 1 saturated carbocycles. The zero-order chi connectivity index (χ0) is 12.0. The molecule has 6 heteroatoms. The molecule has 0 aromatic heterocycles. The van der Waals surface area contributed by atoms with Crippen LogP contribution in [0.15, 0.2) is 0 Å². The highest BCUT2D eigenvalue weighted by atomic mass is 16.5. The maximum atomic E-state index is 11.2. The molecule has 0 spiro atoms. The fourth-order valence-corrected chi connectivity index (χ4v) is 2.36. The molecule has 2 amide bonds. The maximum absolute atomic E-state index is 11.2.